The van der Waals surface area contributed by atoms with Crippen LogP contribution in [0.2, 0.25) is 0 Å². The van der Waals surface area contributed by atoms with E-state index in [1.807, 2.05) is 0 Å². The molecule has 0 aliphatic rings. The maximum Gasteiger partial charge on any atom is 0.325 e. The summed E-state index contributed by atoms with van der Waals surface area (Å²) in [6, 6.07) is 5.06. The fourth-order valence-corrected chi connectivity index (χ4v) is 1.40. The van der Waals surface area contributed by atoms with Crippen LogP contribution in [0.4, 0.5) is 0 Å². The van der Waals surface area contributed by atoms with Gasteiger partial charge in [0.15, 0.2) is 0 Å². The second-order valence-corrected chi connectivity index (χ2v) is 3.39. The number of fused-ring (bicyclic) bond motifs is 1. The molecule has 2 aromatic rings. The first-order valence-electron chi connectivity index (χ1n) is 4.99. The first-order chi connectivity index (χ1) is 8.20. The minimum atomic E-state index is -0.485. The largest absolute Gasteiger partial charge is 0.468 e. The van der Waals surface area contributed by atoms with Crippen molar-refractivity contribution in [2.24, 2.45) is 0 Å². The number of ether oxygens (including phenoxy) is 1. The number of H-pyrrole nitrogens is 1. The van der Waals surface area contributed by atoms with E-state index in [4.69, 9.17) is 0 Å². The molecule has 1 amide bonds. The molecule has 6 nitrogen and oxygen atoms in total. The Morgan fingerprint density at radius 2 is 2.29 bits per heavy atom. The predicted molar refractivity (Wildman–Crippen MR) is 60.4 cm³/mol. The van der Waals surface area contributed by atoms with Crippen LogP contribution in [0.25, 0.3) is 11.0 Å². The van der Waals surface area contributed by atoms with E-state index in [1.165, 1.54) is 7.11 Å². The number of rotatable bonds is 3. The van der Waals surface area contributed by atoms with Gasteiger partial charge in [-0.1, -0.05) is 0 Å². The number of aromatic amines is 1. The van der Waals surface area contributed by atoms with Crippen LogP contribution < -0.4 is 5.32 Å². The van der Waals surface area contributed by atoms with Gasteiger partial charge < -0.3 is 15.0 Å². The average Bonchev–Trinajstić information content (AvgIpc) is 2.82. The number of hydrogen-bond acceptors (Lipinski definition) is 4. The van der Waals surface area contributed by atoms with Crippen molar-refractivity contribution in [2.45, 2.75) is 0 Å². The lowest BCUT2D eigenvalue weighted by Gasteiger charge is -2.03. The molecule has 2 N–H and O–H groups in total. The van der Waals surface area contributed by atoms with E-state index in [0.717, 1.165) is 11.0 Å². The molecule has 0 aliphatic heterocycles. The minimum Gasteiger partial charge on any atom is -0.468 e. The topological polar surface area (TPSA) is 84.1 Å². The van der Waals surface area contributed by atoms with Gasteiger partial charge in [0.25, 0.3) is 5.91 Å². The van der Waals surface area contributed by atoms with Crippen molar-refractivity contribution in [1.29, 1.82) is 0 Å². The highest BCUT2D eigenvalue weighted by atomic mass is 16.5. The van der Waals surface area contributed by atoms with Crippen LogP contribution in [0.15, 0.2) is 24.5 Å². The van der Waals surface area contributed by atoms with E-state index in [-0.39, 0.29) is 12.5 Å². The second-order valence-electron chi connectivity index (χ2n) is 3.39. The zero-order valence-electron chi connectivity index (χ0n) is 9.19. The van der Waals surface area contributed by atoms with E-state index in [9.17, 15) is 9.59 Å². The van der Waals surface area contributed by atoms with E-state index >= 15 is 0 Å². The van der Waals surface area contributed by atoms with Crippen LogP contribution in [0.5, 0.6) is 0 Å². The highest BCUT2D eigenvalue weighted by Crippen LogP contribution is 2.11. The number of hydrogen-bond donors (Lipinski definition) is 2. The number of nitrogens with zero attached hydrogens (tertiary/aromatic N) is 1. The van der Waals surface area contributed by atoms with Crippen molar-refractivity contribution >= 4 is 22.9 Å². The number of esters is 1. The average molecular weight is 233 g/mol. The monoisotopic (exact) mass is 233 g/mol. The lowest BCUT2D eigenvalue weighted by molar-refractivity contribution is -0.139. The Morgan fingerprint density at radius 3 is 3.06 bits per heavy atom. The fourth-order valence-electron chi connectivity index (χ4n) is 1.40. The summed E-state index contributed by atoms with van der Waals surface area (Å²) in [4.78, 5) is 29.5. The fraction of sp³-hybridized carbons (Fsp3) is 0.182. The van der Waals surface area contributed by atoms with Gasteiger partial charge in [-0.15, -0.1) is 0 Å². The molecule has 0 aliphatic carbocycles. The van der Waals surface area contributed by atoms with Crippen molar-refractivity contribution in [3.8, 4) is 0 Å². The highest BCUT2D eigenvalue weighted by molar-refractivity contribution is 5.98. The van der Waals surface area contributed by atoms with Crippen LogP contribution in [0.3, 0.4) is 0 Å². The molecule has 6 heteroatoms. The predicted octanol–water partition coefficient (Wildman–Crippen LogP) is 0.466. The third-order valence-electron chi connectivity index (χ3n) is 2.30. The van der Waals surface area contributed by atoms with Gasteiger partial charge in [0, 0.05) is 5.56 Å². The molecule has 17 heavy (non-hydrogen) atoms. The van der Waals surface area contributed by atoms with Crippen LogP contribution in [0, 0.1) is 0 Å². The third kappa shape index (κ3) is 2.41. The Labute approximate surface area is 97.0 Å². The van der Waals surface area contributed by atoms with Gasteiger partial charge in [-0.3, -0.25) is 9.59 Å². The van der Waals surface area contributed by atoms with Crippen LogP contribution in [-0.2, 0) is 9.53 Å². The van der Waals surface area contributed by atoms with Gasteiger partial charge in [-0.05, 0) is 18.2 Å². The summed E-state index contributed by atoms with van der Waals surface area (Å²) in [7, 11) is 1.27. The number of aromatic nitrogens is 2. The molecule has 1 aromatic heterocycles. The molecular weight excluding hydrogens is 222 g/mol. The zero-order chi connectivity index (χ0) is 12.3. The van der Waals surface area contributed by atoms with Gasteiger partial charge in [0.2, 0.25) is 0 Å². The van der Waals surface area contributed by atoms with Crippen LogP contribution in [0.1, 0.15) is 10.4 Å². The molecule has 0 bridgehead atoms. The second kappa shape index (κ2) is 4.65. The number of carbonyl (C=O) groups excluding carboxylic acids is 2. The normalized spacial score (nSPS) is 10.2. The lowest BCUT2D eigenvalue weighted by Crippen LogP contribution is -2.30. The smallest absolute Gasteiger partial charge is 0.325 e. The molecule has 2 rings (SSSR count). The number of imidazole rings is 1. The maximum absolute atomic E-state index is 11.7. The molecule has 0 fully saturated rings. The van der Waals surface area contributed by atoms with Crippen LogP contribution in [-0.4, -0.2) is 35.5 Å². The highest BCUT2D eigenvalue weighted by Gasteiger charge is 2.09. The summed E-state index contributed by atoms with van der Waals surface area (Å²) < 4.78 is 4.42. The van der Waals surface area contributed by atoms with E-state index < -0.39 is 5.97 Å². The standard InChI is InChI=1S/C11H11N3O3/c1-17-10(15)5-12-11(16)7-2-3-8-9(4-7)14-6-13-8/h2-4,6H,5H2,1H3,(H,12,16)(H,13,14). The van der Waals surface area contributed by atoms with Crippen molar-refractivity contribution in [3.05, 3.63) is 30.1 Å². The SMILES string of the molecule is COC(=O)CNC(=O)c1ccc2nc[nH]c2c1. The Bertz CT molecular complexity index is 562. The third-order valence-corrected chi connectivity index (χ3v) is 2.30. The summed E-state index contributed by atoms with van der Waals surface area (Å²) in [6.07, 6.45) is 1.56. The molecule has 1 aromatic carbocycles. The van der Waals surface area contributed by atoms with Crippen LogP contribution >= 0.6 is 0 Å². The molecule has 0 radical (unpaired) electrons. The van der Waals surface area contributed by atoms with Gasteiger partial charge in [0.05, 0.1) is 24.5 Å². The van der Waals surface area contributed by atoms with Gasteiger partial charge in [0.1, 0.15) is 6.54 Å². The molecule has 0 unspecified atom stereocenters. The summed E-state index contributed by atoms with van der Waals surface area (Å²) >= 11 is 0. The lowest BCUT2D eigenvalue weighted by atomic mass is 10.2. The zero-order valence-corrected chi connectivity index (χ0v) is 9.19. The van der Waals surface area contributed by atoms with E-state index in [1.54, 1.807) is 24.5 Å². The first kappa shape index (κ1) is 11.1. The van der Waals surface area contributed by atoms with Crippen molar-refractivity contribution < 1.29 is 14.3 Å². The molecule has 0 saturated heterocycles. The Morgan fingerprint density at radius 1 is 1.47 bits per heavy atom. The number of amides is 1. The quantitative estimate of drug-likeness (QED) is 0.754. The van der Waals surface area contributed by atoms with E-state index in [2.05, 4.69) is 20.0 Å². The van der Waals surface area contributed by atoms with Crippen molar-refractivity contribution in [2.75, 3.05) is 13.7 Å². The van der Waals surface area contributed by atoms with Gasteiger partial charge in [-0.2, -0.15) is 0 Å². The number of methoxy groups -OCH3 is 1. The first-order valence-corrected chi connectivity index (χ1v) is 4.99. The molecule has 1 heterocycles. The van der Waals surface area contributed by atoms with Gasteiger partial charge in [-0.25, -0.2) is 4.98 Å². The summed E-state index contributed by atoms with van der Waals surface area (Å²) in [6.45, 7) is -0.143. The molecule has 88 valence electrons. The molecular formula is C11H11N3O3. The van der Waals surface area contributed by atoms with E-state index in [0.29, 0.717) is 5.56 Å². The number of benzene rings is 1. The maximum atomic E-state index is 11.7. The summed E-state index contributed by atoms with van der Waals surface area (Å²) in [5, 5.41) is 2.46. The minimum absolute atomic E-state index is 0.143. The number of nitrogens with one attached hydrogen (secondary N) is 2. The summed E-state index contributed by atoms with van der Waals surface area (Å²) in [5.41, 5.74) is 2.02. The van der Waals surface area contributed by atoms with Crippen molar-refractivity contribution in [3.63, 3.8) is 0 Å². The Balaban J connectivity index is 2.10. The molecule has 0 atom stereocenters. The van der Waals surface area contributed by atoms with Crippen molar-refractivity contribution in [1.82, 2.24) is 15.3 Å². The molecule has 0 saturated carbocycles. The number of carbonyl (C=O) groups is 2. The molecule has 0 spiro atoms. The Hall–Kier alpha value is -2.37. The summed E-state index contributed by atoms with van der Waals surface area (Å²) in [5.74, 6) is -0.812. The Kier molecular flexibility index (Phi) is 3.04. The van der Waals surface area contributed by atoms with Gasteiger partial charge >= 0.3 is 5.97 Å².